The van der Waals surface area contributed by atoms with E-state index in [4.69, 9.17) is 4.74 Å². The standard InChI is InChI=1S/C21H18N2O4S/c1-12(2)18(23-19(24)13-7-3-4-8-14(13)20(23)25)21(26)27-11-17-22-15-9-5-6-10-16(15)28-17/h3-10,12,18H,11H2,1-2H3/t18-/m0/s1. The lowest BCUT2D eigenvalue weighted by atomic mass is 10.0. The molecule has 0 unspecified atom stereocenters. The van der Waals surface area contributed by atoms with E-state index >= 15 is 0 Å². The maximum Gasteiger partial charge on any atom is 0.330 e. The minimum absolute atomic E-state index is 0.00453. The number of nitrogens with zero attached hydrogens (tertiary/aromatic N) is 2. The van der Waals surface area contributed by atoms with Crippen LogP contribution in [-0.4, -0.2) is 33.7 Å². The van der Waals surface area contributed by atoms with E-state index in [1.807, 2.05) is 24.3 Å². The molecule has 28 heavy (non-hydrogen) atoms. The van der Waals surface area contributed by atoms with Gasteiger partial charge < -0.3 is 4.74 Å². The molecule has 1 aromatic heterocycles. The summed E-state index contributed by atoms with van der Waals surface area (Å²) < 4.78 is 6.46. The Morgan fingerprint density at radius 1 is 1.04 bits per heavy atom. The van der Waals surface area contributed by atoms with Gasteiger partial charge >= 0.3 is 5.97 Å². The highest BCUT2D eigenvalue weighted by Gasteiger charge is 2.44. The fourth-order valence-corrected chi connectivity index (χ4v) is 4.22. The van der Waals surface area contributed by atoms with Crippen LogP contribution in [0.25, 0.3) is 10.2 Å². The minimum Gasteiger partial charge on any atom is -0.457 e. The molecule has 0 spiro atoms. The first-order valence-corrected chi connectivity index (χ1v) is 9.77. The molecule has 0 fully saturated rings. The molecule has 1 atom stereocenters. The molecule has 0 bridgehead atoms. The largest absolute Gasteiger partial charge is 0.457 e. The molecule has 4 rings (SSSR count). The SMILES string of the molecule is CC(C)[C@@H](C(=O)OCc1nc2ccccc2s1)N1C(=O)c2ccccc2C1=O. The first-order chi connectivity index (χ1) is 13.5. The molecule has 6 nitrogen and oxygen atoms in total. The predicted octanol–water partition coefficient (Wildman–Crippen LogP) is 3.66. The number of para-hydroxylation sites is 1. The predicted molar refractivity (Wildman–Crippen MR) is 105 cm³/mol. The van der Waals surface area contributed by atoms with Crippen molar-refractivity contribution in [2.45, 2.75) is 26.5 Å². The Hall–Kier alpha value is -3.06. The third kappa shape index (κ3) is 3.07. The first kappa shape index (κ1) is 18.3. The second kappa shape index (κ2) is 7.16. The number of aromatic nitrogens is 1. The smallest absolute Gasteiger partial charge is 0.330 e. The molecule has 0 radical (unpaired) electrons. The molecular formula is C21H18N2O4S. The van der Waals surface area contributed by atoms with Gasteiger partial charge in [0.2, 0.25) is 0 Å². The zero-order chi connectivity index (χ0) is 19.8. The van der Waals surface area contributed by atoms with E-state index in [0.29, 0.717) is 16.1 Å². The molecular weight excluding hydrogens is 376 g/mol. The molecule has 0 aliphatic carbocycles. The summed E-state index contributed by atoms with van der Waals surface area (Å²) in [7, 11) is 0. The van der Waals surface area contributed by atoms with Crippen LogP contribution in [0.5, 0.6) is 0 Å². The van der Waals surface area contributed by atoms with Crippen molar-refractivity contribution < 1.29 is 19.1 Å². The van der Waals surface area contributed by atoms with E-state index in [9.17, 15) is 14.4 Å². The summed E-state index contributed by atoms with van der Waals surface area (Å²) in [5.41, 5.74) is 1.48. The zero-order valence-corrected chi connectivity index (χ0v) is 16.2. The number of amides is 2. The van der Waals surface area contributed by atoms with Gasteiger partial charge in [-0.15, -0.1) is 11.3 Å². The van der Waals surface area contributed by atoms with E-state index in [0.717, 1.165) is 15.1 Å². The van der Waals surface area contributed by atoms with Crippen molar-refractivity contribution in [3.05, 3.63) is 64.7 Å². The monoisotopic (exact) mass is 394 g/mol. The van der Waals surface area contributed by atoms with E-state index < -0.39 is 23.8 Å². The molecule has 1 aliphatic heterocycles. The maximum atomic E-state index is 12.8. The second-order valence-electron chi connectivity index (χ2n) is 6.90. The van der Waals surface area contributed by atoms with Crippen molar-refractivity contribution in [3.8, 4) is 0 Å². The Morgan fingerprint density at radius 3 is 2.25 bits per heavy atom. The number of carbonyl (C=O) groups excluding carboxylic acids is 3. The van der Waals surface area contributed by atoms with Crippen molar-refractivity contribution in [2.75, 3.05) is 0 Å². The third-order valence-electron chi connectivity index (χ3n) is 4.65. The van der Waals surface area contributed by atoms with Crippen LogP contribution < -0.4 is 0 Å². The molecule has 1 aliphatic rings. The Morgan fingerprint density at radius 2 is 1.64 bits per heavy atom. The Labute approximate surface area is 165 Å². The lowest BCUT2D eigenvalue weighted by molar-refractivity contribution is -0.151. The van der Waals surface area contributed by atoms with Crippen molar-refractivity contribution >= 4 is 39.3 Å². The van der Waals surface area contributed by atoms with Crippen LogP contribution in [0.2, 0.25) is 0 Å². The summed E-state index contributed by atoms with van der Waals surface area (Å²) in [6.45, 7) is 3.57. The van der Waals surface area contributed by atoms with Gasteiger partial charge in [-0.1, -0.05) is 38.1 Å². The molecule has 0 saturated carbocycles. The molecule has 2 amide bonds. The molecule has 7 heteroatoms. The van der Waals surface area contributed by atoms with Crippen LogP contribution in [0.15, 0.2) is 48.5 Å². The fraction of sp³-hybridized carbons (Fsp3) is 0.238. The van der Waals surface area contributed by atoms with Crippen LogP contribution in [0.3, 0.4) is 0 Å². The maximum absolute atomic E-state index is 12.8. The minimum atomic E-state index is -0.984. The number of thiazole rings is 1. The van der Waals surface area contributed by atoms with E-state index in [2.05, 4.69) is 4.98 Å². The second-order valence-corrected chi connectivity index (χ2v) is 8.01. The first-order valence-electron chi connectivity index (χ1n) is 8.95. The third-order valence-corrected chi connectivity index (χ3v) is 5.66. The molecule has 0 saturated heterocycles. The number of imide groups is 1. The number of carbonyl (C=O) groups is 3. The highest BCUT2D eigenvalue weighted by molar-refractivity contribution is 7.18. The average Bonchev–Trinajstić information content (AvgIpc) is 3.21. The summed E-state index contributed by atoms with van der Waals surface area (Å²) in [6, 6.07) is 13.3. The Kier molecular flexibility index (Phi) is 4.68. The molecule has 2 aromatic carbocycles. The lowest BCUT2D eigenvalue weighted by Gasteiger charge is -2.27. The number of ether oxygens (including phenoxy) is 1. The van der Waals surface area contributed by atoms with E-state index in [-0.39, 0.29) is 12.5 Å². The van der Waals surface area contributed by atoms with Crippen molar-refractivity contribution in [2.24, 2.45) is 5.92 Å². The molecule has 0 N–H and O–H groups in total. The number of hydrogen-bond donors (Lipinski definition) is 0. The summed E-state index contributed by atoms with van der Waals surface area (Å²) in [6.07, 6.45) is 0. The topological polar surface area (TPSA) is 76.6 Å². The van der Waals surface area contributed by atoms with Gasteiger partial charge in [-0.25, -0.2) is 9.78 Å². The van der Waals surface area contributed by atoms with Gasteiger partial charge in [0.15, 0.2) is 0 Å². The summed E-state index contributed by atoms with van der Waals surface area (Å²) in [5.74, 6) is -1.82. The van der Waals surface area contributed by atoms with Gasteiger partial charge in [-0.3, -0.25) is 14.5 Å². The summed E-state index contributed by atoms with van der Waals surface area (Å²) in [5, 5.41) is 0.666. The van der Waals surface area contributed by atoms with Gasteiger partial charge in [0, 0.05) is 0 Å². The zero-order valence-electron chi connectivity index (χ0n) is 15.4. The number of rotatable bonds is 5. The van der Waals surface area contributed by atoms with Gasteiger partial charge in [-0.2, -0.15) is 0 Å². The molecule has 2 heterocycles. The Balaban J connectivity index is 1.54. The van der Waals surface area contributed by atoms with Crippen LogP contribution in [0.4, 0.5) is 0 Å². The van der Waals surface area contributed by atoms with Crippen LogP contribution in [-0.2, 0) is 16.1 Å². The highest BCUT2D eigenvalue weighted by Crippen LogP contribution is 2.28. The number of esters is 1. The number of benzene rings is 2. The Bertz CT molecular complexity index is 1020. The van der Waals surface area contributed by atoms with E-state index in [1.54, 1.807) is 38.1 Å². The normalized spacial score (nSPS) is 14.6. The van der Waals surface area contributed by atoms with Gasteiger partial charge in [-0.05, 0) is 30.2 Å². The van der Waals surface area contributed by atoms with Crippen LogP contribution in [0.1, 0.15) is 39.6 Å². The van der Waals surface area contributed by atoms with Crippen molar-refractivity contribution in [1.82, 2.24) is 9.88 Å². The summed E-state index contributed by atoms with van der Waals surface area (Å²) in [4.78, 5) is 43.7. The molecule has 3 aromatic rings. The fourth-order valence-electron chi connectivity index (χ4n) is 3.34. The quantitative estimate of drug-likeness (QED) is 0.488. The number of hydrogen-bond acceptors (Lipinski definition) is 6. The van der Waals surface area contributed by atoms with Gasteiger partial charge in [0.25, 0.3) is 11.8 Å². The average molecular weight is 394 g/mol. The van der Waals surface area contributed by atoms with Crippen LogP contribution >= 0.6 is 11.3 Å². The van der Waals surface area contributed by atoms with Gasteiger partial charge in [0.05, 0.1) is 21.3 Å². The van der Waals surface area contributed by atoms with Gasteiger partial charge in [0.1, 0.15) is 17.7 Å². The number of fused-ring (bicyclic) bond motifs is 2. The molecule has 142 valence electrons. The lowest BCUT2D eigenvalue weighted by Crippen LogP contribution is -2.48. The highest BCUT2D eigenvalue weighted by atomic mass is 32.1. The van der Waals surface area contributed by atoms with E-state index in [1.165, 1.54) is 11.3 Å². The summed E-state index contributed by atoms with van der Waals surface area (Å²) >= 11 is 1.45. The van der Waals surface area contributed by atoms with Crippen molar-refractivity contribution in [3.63, 3.8) is 0 Å². The van der Waals surface area contributed by atoms with Crippen molar-refractivity contribution in [1.29, 1.82) is 0 Å². The van der Waals surface area contributed by atoms with Crippen LogP contribution in [0, 0.1) is 5.92 Å².